The monoisotopic (exact) mass is 284 g/mol. The van der Waals surface area contributed by atoms with Crippen LogP contribution in [0.4, 0.5) is 5.82 Å². The van der Waals surface area contributed by atoms with E-state index < -0.39 is 0 Å². The quantitative estimate of drug-likeness (QED) is 0.865. The van der Waals surface area contributed by atoms with E-state index in [1.165, 1.54) is 0 Å². The molecule has 0 N–H and O–H groups in total. The Kier molecular flexibility index (Phi) is 3.78. The molecule has 4 nitrogen and oxygen atoms in total. The summed E-state index contributed by atoms with van der Waals surface area (Å²) in [5.41, 5.74) is 1.98. The summed E-state index contributed by atoms with van der Waals surface area (Å²) in [6.07, 6.45) is 3.45. The van der Waals surface area contributed by atoms with Crippen LogP contribution in [0.25, 0.3) is 10.9 Å². The Balaban J connectivity index is 2.01. The molecule has 21 heavy (non-hydrogen) atoms. The van der Waals surface area contributed by atoms with Crippen LogP contribution >= 0.6 is 0 Å². The fourth-order valence-corrected chi connectivity index (χ4v) is 2.83. The van der Waals surface area contributed by atoms with E-state index in [9.17, 15) is 4.79 Å². The molecule has 0 radical (unpaired) electrons. The van der Waals surface area contributed by atoms with Gasteiger partial charge in [0.2, 0.25) is 5.91 Å². The molecule has 0 fully saturated rings. The molecule has 0 spiro atoms. The Bertz CT molecular complexity index is 682. The van der Waals surface area contributed by atoms with Crippen molar-refractivity contribution in [3.63, 3.8) is 0 Å². The van der Waals surface area contributed by atoms with Gasteiger partial charge in [-0.3, -0.25) is 9.69 Å². The maximum absolute atomic E-state index is 12.3. The molecule has 0 saturated carbocycles. The third-order valence-electron chi connectivity index (χ3n) is 3.99. The van der Waals surface area contributed by atoms with E-state index in [0.717, 1.165) is 53.8 Å². The van der Waals surface area contributed by atoms with Crippen LogP contribution in [0.5, 0.6) is 5.75 Å². The van der Waals surface area contributed by atoms with Crippen molar-refractivity contribution in [1.82, 2.24) is 4.98 Å². The Morgan fingerprint density at radius 1 is 1.43 bits per heavy atom. The molecule has 2 heterocycles. The molecular formula is C17H20N2O2. The normalized spacial score (nSPS) is 13.5. The van der Waals surface area contributed by atoms with Gasteiger partial charge >= 0.3 is 0 Å². The first-order valence-electron chi connectivity index (χ1n) is 7.51. The smallest absolute Gasteiger partial charge is 0.228 e. The van der Waals surface area contributed by atoms with Crippen molar-refractivity contribution in [3.05, 3.63) is 29.8 Å². The number of nitrogens with zero attached hydrogens (tertiary/aromatic N) is 2. The zero-order valence-electron chi connectivity index (χ0n) is 12.6. The number of rotatable bonds is 4. The van der Waals surface area contributed by atoms with Gasteiger partial charge in [0.25, 0.3) is 0 Å². The van der Waals surface area contributed by atoms with Gasteiger partial charge in [0.1, 0.15) is 17.1 Å². The molecule has 0 unspecified atom stereocenters. The van der Waals surface area contributed by atoms with E-state index >= 15 is 0 Å². The number of ether oxygens (including phenoxy) is 1. The number of hydrogen-bond acceptors (Lipinski definition) is 3. The minimum Gasteiger partial charge on any atom is -0.494 e. The highest BCUT2D eigenvalue weighted by atomic mass is 16.5. The Labute approximate surface area is 124 Å². The Hall–Kier alpha value is -2.10. The summed E-state index contributed by atoms with van der Waals surface area (Å²) in [6, 6.07) is 8.04. The third kappa shape index (κ3) is 2.46. The summed E-state index contributed by atoms with van der Waals surface area (Å²) in [5, 5.41) is 1.07. The molecule has 0 aliphatic carbocycles. The van der Waals surface area contributed by atoms with Crippen molar-refractivity contribution >= 4 is 22.6 Å². The minimum absolute atomic E-state index is 0.178. The van der Waals surface area contributed by atoms with Gasteiger partial charge in [-0.1, -0.05) is 25.5 Å². The van der Waals surface area contributed by atoms with Gasteiger partial charge in [0, 0.05) is 18.4 Å². The predicted octanol–water partition coefficient (Wildman–Crippen LogP) is 3.32. The molecule has 0 bridgehead atoms. The third-order valence-corrected chi connectivity index (χ3v) is 3.99. The number of carbonyl (C=O) groups is 1. The van der Waals surface area contributed by atoms with E-state index in [2.05, 4.69) is 13.0 Å². The number of amides is 1. The van der Waals surface area contributed by atoms with Crippen molar-refractivity contribution in [2.75, 3.05) is 18.6 Å². The first-order valence-corrected chi connectivity index (χ1v) is 7.51. The zero-order chi connectivity index (χ0) is 14.8. The van der Waals surface area contributed by atoms with Crippen LogP contribution in [0.2, 0.25) is 0 Å². The number of anilines is 1. The van der Waals surface area contributed by atoms with Crippen LogP contribution in [0.1, 0.15) is 31.7 Å². The first kappa shape index (κ1) is 13.9. The van der Waals surface area contributed by atoms with Crippen molar-refractivity contribution < 1.29 is 9.53 Å². The highest BCUT2D eigenvalue weighted by molar-refractivity contribution is 5.97. The number of aromatic nitrogens is 1. The first-order chi connectivity index (χ1) is 10.2. The number of benzene rings is 1. The van der Waals surface area contributed by atoms with E-state index in [-0.39, 0.29) is 5.91 Å². The Morgan fingerprint density at radius 3 is 3.05 bits per heavy atom. The lowest BCUT2D eigenvalue weighted by Gasteiger charge is -2.17. The number of methoxy groups -OCH3 is 1. The number of hydrogen-bond donors (Lipinski definition) is 0. The maximum Gasteiger partial charge on any atom is 0.228 e. The van der Waals surface area contributed by atoms with Crippen molar-refractivity contribution in [1.29, 1.82) is 0 Å². The van der Waals surface area contributed by atoms with Crippen molar-refractivity contribution in [2.24, 2.45) is 0 Å². The molecule has 3 rings (SSSR count). The largest absolute Gasteiger partial charge is 0.494 e. The minimum atomic E-state index is 0.178. The average molecular weight is 284 g/mol. The number of carbonyl (C=O) groups excluding carboxylic acids is 1. The number of fused-ring (bicyclic) bond motifs is 2. The van der Waals surface area contributed by atoms with Crippen LogP contribution in [0.3, 0.4) is 0 Å². The topological polar surface area (TPSA) is 42.4 Å². The Morgan fingerprint density at radius 2 is 2.29 bits per heavy atom. The van der Waals surface area contributed by atoms with Crippen LogP contribution in [0.15, 0.2) is 24.3 Å². The summed E-state index contributed by atoms with van der Waals surface area (Å²) in [4.78, 5) is 18.9. The van der Waals surface area contributed by atoms with Crippen LogP contribution in [-0.2, 0) is 11.2 Å². The highest BCUT2D eigenvalue weighted by Gasteiger charge is 2.26. The van der Waals surface area contributed by atoms with E-state index in [0.29, 0.717) is 6.42 Å². The highest BCUT2D eigenvalue weighted by Crippen LogP contribution is 2.33. The van der Waals surface area contributed by atoms with Gasteiger partial charge < -0.3 is 4.74 Å². The van der Waals surface area contributed by atoms with Gasteiger partial charge in [-0.2, -0.15) is 0 Å². The fraction of sp³-hybridized carbons (Fsp3) is 0.412. The molecule has 1 amide bonds. The molecular weight excluding hydrogens is 264 g/mol. The molecule has 4 heteroatoms. The lowest BCUT2D eigenvalue weighted by molar-refractivity contribution is -0.118. The molecule has 1 aliphatic heterocycles. The second kappa shape index (κ2) is 5.72. The van der Waals surface area contributed by atoms with E-state index in [1.54, 1.807) is 7.11 Å². The summed E-state index contributed by atoms with van der Waals surface area (Å²) in [6.45, 7) is 2.84. The summed E-state index contributed by atoms with van der Waals surface area (Å²) < 4.78 is 5.38. The molecule has 0 saturated heterocycles. The second-order valence-electron chi connectivity index (χ2n) is 5.40. The zero-order valence-corrected chi connectivity index (χ0v) is 12.6. The van der Waals surface area contributed by atoms with Crippen LogP contribution in [-0.4, -0.2) is 24.5 Å². The SMILES string of the molecule is CCCCC(=O)N1CCc2cc3cccc(OC)c3nc21. The average Bonchev–Trinajstić information content (AvgIpc) is 2.92. The molecule has 110 valence electrons. The van der Waals surface area contributed by atoms with Gasteiger partial charge in [-0.15, -0.1) is 0 Å². The van der Waals surface area contributed by atoms with Gasteiger partial charge in [0.15, 0.2) is 0 Å². The predicted molar refractivity (Wildman–Crippen MR) is 83.9 cm³/mol. The summed E-state index contributed by atoms with van der Waals surface area (Å²) >= 11 is 0. The van der Waals surface area contributed by atoms with Gasteiger partial charge in [-0.05, 0) is 30.5 Å². The summed E-state index contributed by atoms with van der Waals surface area (Å²) in [7, 11) is 1.65. The lowest BCUT2D eigenvalue weighted by Crippen LogP contribution is -2.29. The number of para-hydroxylation sites is 1. The van der Waals surface area contributed by atoms with E-state index in [4.69, 9.17) is 9.72 Å². The van der Waals surface area contributed by atoms with Crippen LogP contribution < -0.4 is 9.64 Å². The number of pyridine rings is 1. The molecule has 1 aromatic heterocycles. The van der Waals surface area contributed by atoms with Crippen LogP contribution in [0, 0.1) is 0 Å². The molecule has 0 atom stereocenters. The van der Waals surface area contributed by atoms with Crippen molar-refractivity contribution in [3.8, 4) is 5.75 Å². The van der Waals surface area contributed by atoms with Gasteiger partial charge in [-0.25, -0.2) is 4.98 Å². The van der Waals surface area contributed by atoms with Gasteiger partial charge in [0.05, 0.1) is 7.11 Å². The summed E-state index contributed by atoms with van der Waals surface area (Å²) in [5.74, 6) is 1.74. The maximum atomic E-state index is 12.3. The molecule has 1 aromatic carbocycles. The lowest BCUT2D eigenvalue weighted by atomic mass is 10.1. The molecule has 1 aliphatic rings. The standard InChI is InChI=1S/C17H20N2O2/c1-3-4-8-15(20)19-10-9-13-11-12-6-5-7-14(21-2)16(12)18-17(13)19/h5-7,11H,3-4,8-10H2,1-2H3. The fourth-order valence-electron chi connectivity index (χ4n) is 2.83. The number of unbranched alkanes of at least 4 members (excludes halogenated alkanes) is 1. The van der Waals surface area contributed by atoms with E-state index in [1.807, 2.05) is 23.1 Å². The van der Waals surface area contributed by atoms with Crippen molar-refractivity contribution in [2.45, 2.75) is 32.6 Å². The molecule has 2 aromatic rings. The second-order valence-corrected chi connectivity index (χ2v) is 5.40.